The van der Waals surface area contributed by atoms with E-state index >= 15 is 0 Å². The van der Waals surface area contributed by atoms with Gasteiger partial charge in [-0.15, -0.1) is 37.2 Å². The van der Waals surface area contributed by atoms with Crippen LogP contribution >= 0.6 is 37.2 Å². The van der Waals surface area contributed by atoms with E-state index in [1.165, 1.54) is 0 Å². The van der Waals surface area contributed by atoms with E-state index in [4.69, 9.17) is 0 Å². The second-order valence-corrected chi connectivity index (χ2v) is 0. The Morgan fingerprint density at radius 1 is 0.600 bits per heavy atom. The molecule has 0 N–H and O–H groups in total. The SMILES string of the molecule is Cl.Cl.Cl.[AlH3].[Eu]. The summed E-state index contributed by atoms with van der Waals surface area (Å²) in [5.74, 6) is 0. The van der Waals surface area contributed by atoms with Gasteiger partial charge >= 0.3 is 0 Å². The molecule has 0 bridgehead atoms. The number of hydrogen-bond donors (Lipinski definition) is 0. The van der Waals surface area contributed by atoms with Crippen molar-refractivity contribution in [1.29, 1.82) is 0 Å². The first kappa shape index (κ1) is 43.7. The Morgan fingerprint density at radius 3 is 0.600 bits per heavy atom. The molecule has 0 saturated carbocycles. The molecule has 0 aromatic rings. The van der Waals surface area contributed by atoms with Gasteiger partial charge in [0.15, 0.2) is 17.4 Å². The third kappa shape index (κ3) is 19.5. The quantitative estimate of drug-likeness (QED) is 0.555. The first-order valence-electron chi connectivity index (χ1n) is 0. The summed E-state index contributed by atoms with van der Waals surface area (Å²) in [7, 11) is 0. The molecule has 0 fully saturated rings. The monoisotopic (exact) mass is 291 g/mol. The van der Waals surface area contributed by atoms with Gasteiger partial charge in [-0.1, -0.05) is 0 Å². The summed E-state index contributed by atoms with van der Waals surface area (Å²) in [6, 6.07) is 0. The Labute approximate surface area is 102 Å². The molecule has 0 unspecified atom stereocenters. The number of halogens is 3. The summed E-state index contributed by atoms with van der Waals surface area (Å²) in [6.45, 7) is 0. The molecule has 37 valence electrons. The largest absolute Gasteiger partial charge is 0.187 e. The summed E-state index contributed by atoms with van der Waals surface area (Å²) in [4.78, 5) is 0. The maximum Gasteiger partial charge on any atom is 0.187 e. The minimum Gasteiger partial charge on any atom is -0.147 e. The van der Waals surface area contributed by atoms with E-state index in [0.29, 0.717) is 0 Å². The molecular formula is H6AlCl3Eu. The molecule has 0 aliphatic heterocycles. The topological polar surface area (TPSA) is 0 Å². The second kappa shape index (κ2) is 28.1. The van der Waals surface area contributed by atoms with E-state index in [1.807, 2.05) is 0 Å². The predicted molar refractivity (Wildman–Crippen MR) is 31.7 cm³/mol. The minimum atomic E-state index is 0. The second-order valence-electron chi connectivity index (χ2n) is 0. The van der Waals surface area contributed by atoms with E-state index in [0.717, 1.165) is 0 Å². The zero-order valence-corrected chi connectivity index (χ0v) is 6.48. The van der Waals surface area contributed by atoms with Gasteiger partial charge < -0.3 is 0 Å². The van der Waals surface area contributed by atoms with Crippen LogP contribution in [0.5, 0.6) is 0 Å². The Kier molecular flexibility index (Phi) is 245. The van der Waals surface area contributed by atoms with Crippen LogP contribution in [-0.2, 0) is 0 Å². The molecule has 0 heterocycles. The van der Waals surface area contributed by atoms with E-state index < -0.39 is 0 Å². The Hall–Kier alpha value is 2.99. The fourth-order valence-corrected chi connectivity index (χ4v) is 0. The normalized spacial score (nSPS) is 0. The average molecular weight is 291 g/mol. The maximum atomic E-state index is 0. The van der Waals surface area contributed by atoms with Gasteiger partial charge in [0.2, 0.25) is 0 Å². The van der Waals surface area contributed by atoms with E-state index in [1.54, 1.807) is 0 Å². The Balaban J connectivity index is 0. The molecule has 0 amide bonds. The van der Waals surface area contributed by atoms with Crippen molar-refractivity contribution in [3.05, 3.63) is 0 Å². The van der Waals surface area contributed by atoms with Gasteiger partial charge in [0.25, 0.3) is 0 Å². The molecule has 1 radical (unpaired) electrons. The van der Waals surface area contributed by atoms with Crippen molar-refractivity contribution in [2.24, 2.45) is 0 Å². The van der Waals surface area contributed by atoms with Gasteiger partial charge in [-0.2, -0.15) is 0 Å². The smallest absolute Gasteiger partial charge is 0.147 e. The molecule has 0 atom stereocenters. The summed E-state index contributed by atoms with van der Waals surface area (Å²) in [5.41, 5.74) is 0. The minimum absolute atomic E-state index is 0. The van der Waals surface area contributed by atoms with Gasteiger partial charge in [0.05, 0.1) is 0 Å². The molecule has 5 heavy (non-hydrogen) atoms. The van der Waals surface area contributed by atoms with Crippen LogP contribution < -0.4 is 0 Å². The Bertz CT molecular complexity index is 6.85. The van der Waals surface area contributed by atoms with Crippen LogP contribution in [0.25, 0.3) is 0 Å². The zero-order chi connectivity index (χ0) is 0. The van der Waals surface area contributed by atoms with Crippen molar-refractivity contribution in [3.63, 3.8) is 0 Å². The van der Waals surface area contributed by atoms with Crippen molar-refractivity contribution < 1.29 is 49.4 Å². The molecule has 0 aromatic heterocycles. The average Bonchev–Trinajstić information content (AvgIpc) is 0. The summed E-state index contributed by atoms with van der Waals surface area (Å²) in [6.07, 6.45) is 0. The van der Waals surface area contributed by atoms with E-state index in [-0.39, 0.29) is 104 Å². The number of rotatable bonds is 0. The van der Waals surface area contributed by atoms with Gasteiger partial charge in [-0.25, -0.2) is 0 Å². The molecule has 0 aromatic carbocycles. The van der Waals surface area contributed by atoms with Gasteiger partial charge in [-0.05, 0) is 0 Å². The van der Waals surface area contributed by atoms with Crippen molar-refractivity contribution in [3.8, 4) is 0 Å². The van der Waals surface area contributed by atoms with Crippen LogP contribution in [0.1, 0.15) is 0 Å². The molecule has 0 spiro atoms. The first-order chi connectivity index (χ1) is 0. The number of hydrogen-bond acceptors (Lipinski definition) is 0. The first-order valence-corrected chi connectivity index (χ1v) is 0. The van der Waals surface area contributed by atoms with Gasteiger partial charge in [0.1, 0.15) is 0 Å². The third-order valence-electron chi connectivity index (χ3n) is 0. The van der Waals surface area contributed by atoms with Crippen LogP contribution in [-0.4, -0.2) is 17.4 Å². The zero-order valence-electron chi connectivity index (χ0n) is 1.60. The Morgan fingerprint density at radius 2 is 0.600 bits per heavy atom. The standard InChI is InChI=1S/Al.3ClH.Eu.3H/h;3*1H;;;;. The van der Waals surface area contributed by atoms with Crippen molar-refractivity contribution in [1.82, 2.24) is 0 Å². The van der Waals surface area contributed by atoms with Crippen LogP contribution in [0.4, 0.5) is 0 Å². The van der Waals surface area contributed by atoms with Gasteiger partial charge in [-0.3, -0.25) is 0 Å². The van der Waals surface area contributed by atoms with Crippen LogP contribution in [0.3, 0.4) is 0 Å². The predicted octanol–water partition coefficient (Wildman–Crippen LogP) is 0.0815. The van der Waals surface area contributed by atoms with Crippen LogP contribution in [0, 0.1) is 49.4 Å². The molecule has 0 nitrogen and oxygen atoms in total. The van der Waals surface area contributed by atoms with Crippen LogP contribution in [0.15, 0.2) is 0 Å². The summed E-state index contributed by atoms with van der Waals surface area (Å²) >= 11 is 0. The van der Waals surface area contributed by atoms with Crippen molar-refractivity contribution >= 4 is 54.6 Å². The van der Waals surface area contributed by atoms with E-state index in [2.05, 4.69) is 0 Å². The van der Waals surface area contributed by atoms with Crippen molar-refractivity contribution in [2.75, 3.05) is 0 Å². The van der Waals surface area contributed by atoms with E-state index in [9.17, 15) is 0 Å². The molecule has 0 rings (SSSR count). The fourth-order valence-electron chi connectivity index (χ4n) is 0. The van der Waals surface area contributed by atoms with Crippen LogP contribution in [0.2, 0.25) is 0 Å². The third-order valence-corrected chi connectivity index (χ3v) is 0. The molecule has 5 heteroatoms. The molecular weight excluding hydrogens is 285 g/mol. The molecule has 0 saturated heterocycles. The fraction of sp³-hybridized carbons (Fsp3) is 0. The van der Waals surface area contributed by atoms with Crippen molar-refractivity contribution in [2.45, 2.75) is 0 Å². The summed E-state index contributed by atoms with van der Waals surface area (Å²) < 4.78 is 0. The summed E-state index contributed by atoms with van der Waals surface area (Å²) in [5, 5.41) is 0. The maximum absolute atomic E-state index is 0. The molecule has 0 aliphatic carbocycles. The molecule has 0 aliphatic rings. The van der Waals surface area contributed by atoms with Gasteiger partial charge in [0, 0.05) is 49.4 Å².